The highest BCUT2D eigenvalue weighted by atomic mass is 28.4. The van der Waals surface area contributed by atoms with E-state index < -0.39 is 32.1 Å². The van der Waals surface area contributed by atoms with Crippen LogP contribution in [0.2, 0.25) is 5.04 Å². The van der Waals surface area contributed by atoms with Gasteiger partial charge in [0.05, 0.1) is 29.9 Å². The van der Waals surface area contributed by atoms with Crippen LogP contribution in [0.3, 0.4) is 0 Å². The molecule has 0 amide bonds. The van der Waals surface area contributed by atoms with E-state index in [1.54, 1.807) is 12.1 Å². The van der Waals surface area contributed by atoms with Crippen LogP contribution in [0.4, 0.5) is 0 Å². The number of esters is 2. The Bertz CT molecular complexity index is 2790. The van der Waals surface area contributed by atoms with Crippen LogP contribution in [0.1, 0.15) is 139 Å². The molecule has 0 unspecified atom stereocenters. The summed E-state index contributed by atoms with van der Waals surface area (Å²) in [6.45, 7) is 18.7. The molecule has 1 saturated carbocycles. The fourth-order valence-electron chi connectivity index (χ4n) is 12.6. The van der Waals surface area contributed by atoms with Gasteiger partial charge in [-0.25, -0.2) is 9.59 Å². The van der Waals surface area contributed by atoms with Gasteiger partial charge in [0.15, 0.2) is 12.1 Å². The lowest BCUT2D eigenvalue weighted by atomic mass is 9.66. The van der Waals surface area contributed by atoms with Gasteiger partial charge in [-0.15, -0.1) is 0 Å². The fourth-order valence-corrected chi connectivity index (χ4v) is 17.2. The second kappa shape index (κ2) is 25.2. The van der Waals surface area contributed by atoms with Crippen LogP contribution in [0.5, 0.6) is 0 Å². The van der Waals surface area contributed by atoms with Gasteiger partial charge in [-0.2, -0.15) is 0 Å². The number of carbonyl (C=O) groups excluding carboxylic acids is 2. The number of ether oxygens (including phenoxy) is 6. The summed E-state index contributed by atoms with van der Waals surface area (Å²) in [5.74, 6) is -0.939. The van der Waals surface area contributed by atoms with Crippen LogP contribution in [-0.2, 0) is 32.8 Å². The summed E-state index contributed by atoms with van der Waals surface area (Å²) in [7, 11) is -2.98. The Morgan fingerprint density at radius 2 is 1.29 bits per heavy atom. The molecule has 78 heavy (non-hydrogen) atoms. The lowest BCUT2D eigenvalue weighted by Gasteiger charge is -2.54. The lowest BCUT2D eigenvalue weighted by molar-refractivity contribution is -0.331. The van der Waals surface area contributed by atoms with Crippen molar-refractivity contribution in [1.82, 2.24) is 0 Å². The average Bonchev–Trinajstić information content (AvgIpc) is 3.65. The molecule has 10 heteroatoms. The third kappa shape index (κ3) is 13.1. The molecule has 0 aromatic heterocycles. The Kier molecular flexibility index (Phi) is 18.4. The van der Waals surface area contributed by atoms with Crippen molar-refractivity contribution in [2.75, 3.05) is 13.2 Å². The Labute approximate surface area is 465 Å². The summed E-state index contributed by atoms with van der Waals surface area (Å²) in [6.07, 6.45) is 12.9. The number of carbonyl (C=O) groups is 2. The summed E-state index contributed by atoms with van der Waals surface area (Å²) in [4.78, 5) is 27.3. The van der Waals surface area contributed by atoms with Gasteiger partial charge in [-0.05, 0) is 103 Å². The second-order valence-corrected chi connectivity index (χ2v) is 28.1. The molecule has 5 aromatic rings. The molecule has 0 radical (unpaired) electrons. The van der Waals surface area contributed by atoms with Crippen LogP contribution < -0.4 is 10.4 Å². The zero-order chi connectivity index (χ0) is 54.9. The predicted molar refractivity (Wildman–Crippen MR) is 311 cm³/mol. The van der Waals surface area contributed by atoms with E-state index in [-0.39, 0.29) is 53.0 Å². The van der Waals surface area contributed by atoms with E-state index in [1.807, 2.05) is 66.7 Å². The van der Waals surface area contributed by atoms with E-state index in [2.05, 4.69) is 152 Å². The first-order valence-electron chi connectivity index (χ1n) is 28.6. The first-order valence-corrected chi connectivity index (χ1v) is 30.5. The zero-order valence-electron chi connectivity index (χ0n) is 47.2. The van der Waals surface area contributed by atoms with Crippen molar-refractivity contribution in [3.05, 3.63) is 204 Å². The van der Waals surface area contributed by atoms with Gasteiger partial charge in [-0.1, -0.05) is 199 Å². The Morgan fingerprint density at radius 3 is 1.88 bits per heavy atom. The largest absolute Gasteiger partial charge is 0.458 e. The van der Waals surface area contributed by atoms with Gasteiger partial charge in [-0.3, -0.25) is 0 Å². The van der Waals surface area contributed by atoms with Crippen LogP contribution in [-0.4, -0.2) is 69.3 Å². The Hall–Kier alpha value is -5.72. The molecule has 11 atom stereocenters. The van der Waals surface area contributed by atoms with Gasteiger partial charge in [0.1, 0.15) is 17.8 Å². The molecule has 0 N–H and O–H groups in total. The summed E-state index contributed by atoms with van der Waals surface area (Å²) >= 11 is 0. The second-order valence-electron chi connectivity index (χ2n) is 23.8. The minimum atomic E-state index is -2.98. The van der Waals surface area contributed by atoms with Gasteiger partial charge >= 0.3 is 11.9 Å². The smallest absolute Gasteiger partial charge is 0.338 e. The molecular weight excluding hydrogens is 989 g/mol. The van der Waals surface area contributed by atoms with Crippen LogP contribution >= 0.6 is 0 Å². The highest BCUT2D eigenvalue weighted by Gasteiger charge is 2.57. The van der Waals surface area contributed by atoms with Crippen molar-refractivity contribution in [2.24, 2.45) is 23.7 Å². The maximum Gasteiger partial charge on any atom is 0.338 e. The molecule has 9 rings (SSSR count). The topological polar surface area (TPSA) is 98.8 Å². The van der Waals surface area contributed by atoms with Crippen LogP contribution in [0.15, 0.2) is 187 Å². The summed E-state index contributed by atoms with van der Waals surface area (Å²) in [6, 6.07) is 50.2. The highest BCUT2D eigenvalue weighted by Crippen LogP contribution is 2.52. The minimum Gasteiger partial charge on any atom is -0.458 e. The number of allylic oxidation sites excluding steroid dienone is 4. The highest BCUT2D eigenvalue weighted by molar-refractivity contribution is 6.99. The SMILES string of the molecule is C/C(=C\C[C@@H]1C[C@H](OC(=O)c2ccccc2)C[C@]2(CC[C@H](C)[C@@H](C)O2)O1)C[C@@H](C)/C=C/C=C1\CO[C@@H](c2ccccc2)O[C@]12C[C@H](OC(=O)c1ccccc1)[C@@H](C)C[C@H]2CO[Si](c1ccccc1)(c1ccccc1)C(C)(C)C. The number of hydrogen-bond acceptors (Lipinski definition) is 9. The van der Waals surface area contributed by atoms with E-state index in [0.29, 0.717) is 62.4 Å². The van der Waals surface area contributed by atoms with E-state index in [1.165, 1.54) is 15.9 Å². The maximum atomic E-state index is 14.0. The van der Waals surface area contributed by atoms with Gasteiger partial charge in [0, 0.05) is 43.8 Å². The van der Waals surface area contributed by atoms with Crippen molar-refractivity contribution in [2.45, 2.75) is 154 Å². The van der Waals surface area contributed by atoms with Crippen molar-refractivity contribution in [1.29, 1.82) is 0 Å². The molecule has 1 aliphatic carbocycles. The fraction of sp³-hybridized carbons (Fsp3) is 0.441. The maximum absolute atomic E-state index is 14.0. The summed E-state index contributed by atoms with van der Waals surface area (Å²) in [5, 5.41) is 2.20. The number of benzene rings is 5. The molecule has 3 saturated heterocycles. The monoisotopic (exact) mass is 1070 g/mol. The third-order valence-corrected chi connectivity index (χ3v) is 22.0. The van der Waals surface area contributed by atoms with Crippen molar-refractivity contribution in [3.8, 4) is 0 Å². The number of hydrogen-bond donors (Lipinski definition) is 0. The molecule has 0 bridgehead atoms. The minimum absolute atomic E-state index is 0.00595. The van der Waals surface area contributed by atoms with Gasteiger partial charge in [0.2, 0.25) is 0 Å². The normalized spacial score (nSPS) is 28.9. The number of rotatable bonds is 16. The lowest BCUT2D eigenvalue weighted by Crippen LogP contribution is -2.67. The molecule has 4 aliphatic rings. The van der Waals surface area contributed by atoms with Crippen LogP contribution in [0.25, 0.3) is 0 Å². The molecule has 3 aliphatic heterocycles. The van der Waals surface area contributed by atoms with E-state index in [4.69, 9.17) is 32.8 Å². The van der Waals surface area contributed by atoms with Crippen molar-refractivity contribution in [3.63, 3.8) is 0 Å². The molecular formula is C68H82O9Si. The Morgan fingerprint density at radius 1 is 0.718 bits per heavy atom. The van der Waals surface area contributed by atoms with Gasteiger partial charge < -0.3 is 32.8 Å². The average molecular weight is 1070 g/mol. The first-order chi connectivity index (χ1) is 37.6. The Balaban J connectivity index is 0.997. The molecule has 4 fully saturated rings. The molecule has 412 valence electrons. The first kappa shape index (κ1) is 57.0. The zero-order valence-corrected chi connectivity index (χ0v) is 48.2. The quantitative estimate of drug-likeness (QED) is 0.0543. The molecule has 5 aromatic carbocycles. The van der Waals surface area contributed by atoms with Gasteiger partial charge in [0.25, 0.3) is 8.32 Å². The molecule has 2 spiro atoms. The van der Waals surface area contributed by atoms with E-state index in [9.17, 15) is 9.59 Å². The third-order valence-electron chi connectivity index (χ3n) is 17.0. The molecule has 3 heterocycles. The van der Waals surface area contributed by atoms with Crippen molar-refractivity contribution < 1.29 is 42.4 Å². The predicted octanol–water partition coefficient (Wildman–Crippen LogP) is 14.1. The summed E-state index contributed by atoms with van der Waals surface area (Å²) in [5.41, 5.74) is 3.32. The van der Waals surface area contributed by atoms with Crippen molar-refractivity contribution >= 4 is 30.6 Å². The molecule has 9 nitrogen and oxygen atoms in total. The van der Waals surface area contributed by atoms with E-state index in [0.717, 1.165) is 30.4 Å². The van der Waals surface area contributed by atoms with Crippen LogP contribution in [0, 0.1) is 23.7 Å². The standard InChI is InChI=1S/C68H82O9Si/c1-48(41-49(2)37-38-58-43-59(73-63(69)53-26-14-9-15-27-53)44-67(76-58)40-39-50(3)52(5)75-67)25-24-32-56-46-71-65(55-30-18-11-19-31-55)77-68(56)45-62(74-64(70)54-28-16-10-17-29-54)51(4)42-57(68)47-72-78(66(6,7)8,60-33-20-12-21-34-60)61-35-22-13-23-36-61/h9-37,48,50-52,57-59,62,65H,38-47H2,1-8H3/b25-24+,49-37+,56-32+/t48-,50-,51-,52+,57-,58+,59-,62-,65+,67-,68+/m0/s1. The van der Waals surface area contributed by atoms with E-state index >= 15 is 0 Å². The summed E-state index contributed by atoms with van der Waals surface area (Å²) < 4.78 is 48.3.